The van der Waals surface area contributed by atoms with E-state index in [9.17, 15) is 4.79 Å². The quantitative estimate of drug-likeness (QED) is 0.863. The largest absolute Gasteiger partial charge is 0.480 e. The lowest BCUT2D eigenvalue weighted by atomic mass is 10.2. The van der Waals surface area contributed by atoms with Gasteiger partial charge < -0.3 is 16.2 Å². The van der Waals surface area contributed by atoms with Gasteiger partial charge in [0.05, 0.1) is 0 Å². The van der Waals surface area contributed by atoms with Gasteiger partial charge in [0.2, 0.25) is 0 Å². The normalized spacial score (nSPS) is 11.5. The monoisotopic (exact) mass is 278 g/mol. The molecular formula is C11H16Cl2N2O2. The summed E-state index contributed by atoms with van der Waals surface area (Å²) < 4.78 is 5.49. The molecule has 1 rings (SSSR count). The SMILES string of the molecule is CCC(Oc1ccc(Cl)cc1CN)C(N)=O.Cl. The molecular weight excluding hydrogens is 263 g/mol. The summed E-state index contributed by atoms with van der Waals surface area (Å²) in [6, 6.07) is 5.09. The van der Waals surface area contributed by atoms with Crippen LogP contribution in [0, 0.1) is 0 Å². The van der Waals surface area contributed by atoms with Crippen LogP contribution in [0.2, 0.25) is 5.02 Å². The lowest BCUT2D eigenvalue weighted by Gasteiger charge is -2.16. The number of carbonyl (C=O) groups excluding carboxylic acids is 1. The Morgan fingerprint density at radius 3 is 2.65 bits per heavy atom. The Hall–Kier alpha value is -0.970. The molecule has 1 aromatic rings. The van der Waals surface area contributed by atoms with Gasteiger partial charge in [0.1, 0.15) is 5.75 Å². The maximum atomic E-state index is 11.0. The van der Waals surface area contributed by atoms with E-state index in [1.165, 1.54) is 0 Å². The molecule has 0 fully saturated rings. The molecule has 0 aliphatic carbocycles. The molecule has 1 atom stereocenters. The van der Waals surface area contributed by atoms with Gasteiger partial charge in [-0.1, -0.05) is 18.5 Å². The predicted octanol–water partition coefficient (Wildman–Crippen LogP) is 1.86. The van der Waals surface area contributed by atoms with E-state index in [-0.39, 0.29) is 12.4 Å². The summed E-state index contributed by atoms with van der Waals surface area (Å²) in [5.41, 5.74) is 11.5. The van der Waals surface area contributed by atoms with Crippen LogP contribution < -0.4 is 16.2 Å². The molecule has 0 heterocycles. The Morgan fingerprint density at radius 2 is 2.18 bits per heavy atom. The van der Waals surface area contributed by atoms with Crippen molar-refractivity contribution in [2.45, 2.75) is 26.0 Å². The molecule has 0 spiro atoms. The van der Waals surface area contributed by atoms with Crippen molar-refractivity contribution >= 4 is 29.9 Å². The van der Waals surface area contributed by atoms with Crippen molar-refractivity contribution in [1.82, 2.24) is 0 Å². The number of primary amides is 1. The van der Waals surface area contributed by atoms with Gasteiger partial charge in [-0.05, 0) is 24.6 Å². The lowest BCUT2D eigenvalue weighted by molar-refractivity contribution is -0.124. The molecule has 0 aliphatic rings. The maximum Gasteiger partial charge on any atom is 0.258 e. The molecule has 17 heavy (non-hydrogen) atoms. The number of carbonyl (C=O) groups is 1. The van der Waals surface area contributed by atoms with Crippen LogP contribution in [0.15, 0.2) is 18.2 Å². The third kappa shape index (κ3) is 4.42. The second-order valence-corrected chi connectivity index (χ2v) is 3.81. The Labute approximate surface area is 112 Å². The number of benzene rings is 1. The fraction of sp³-hybridized carbons (Fsp3) is 0.364. The Morgan fingerprint density at radius 1 is 1.53 bits per heavy atom. The molecule has 0 bridgehead atoms. The molecule has 1 unspecified atom stereocenters. The summed E-state index contributed by atoms with van der Waals surface area (Å²) in [5.74, 6) is 0.0676. The fourth-order valence-corrected chi connectivity index (χ4v) is 1.51. The second kappa shape index (κ2) is 7.37. The van der Waals surface area contributed by atoms with Crippen LogP contribution in [0.1, 0.15) is 18.9 Å². The zero-order valence-electron chi connectivity index (χ0n) is 9.48. The average Bonchev–Trinajstić information content (AvgIpc) is 2.26. The summed E-state index contributed by atoms with van der Waals surface area (Å²) in [4.78, 5) is 11.0. The van der Waals surface area contributed by atoms with Gasteiger partial charge in [0.15, 0.2) is 6.10 Å². The van der Waals surface area contributed by atoms with Gasteiger partial charge >= 0.3 is 0 Å². The number of hydrogen-bond acceptors (Lipinski definition) is 3. The molecule has 0 aromatic heterocycles. The molecule has 4 nitrogen and oxygen atoms in total. The van der Waals surface area contributed by atoms with Crippen LogP contribution in [0.5, 0.6) is 5.75 Å². The van der Waals surface area contributed by atoms with Crippen molar-refractivity contribution in [3.63, 3.8) is 0 Å². The maximum absolute atomic E-state index is 11.0. The third-order valence-corrected chi connectivity index (χ3v) is 2.43. The summed E-state index contributed by atoms with van der Waals surface area (Å²) in [7, 11) is 0. The lowest BCUT2D eigenvalue weighted by Crippen LogP contribution is -2.33. The highest BCUT2D eigenvalue weighted by molar-refractivity contribution is 6.30. The van der Waals surface area contributed by atoms with Crippen molar-refractivity contribution < 1.29 is 9.53 Å². The van der Waals surface area contributed by atoms with Crippen LogP contribution in [-0.2, 0) is 11.3 Å². The Kier molecular flexibility index (Phi) is 6.95. The van der Waals surface area contributed by atoms with Crippen molar-refractivity contribution in [3.05, 3.63) is 28.8 Å². The van der Waals surface area contributed by atoms with Crippen LogP contribution >= 0.6 is 24.0 Å². The van der Waals surface area contributed by atoms with E-state index >= 15 is 0 Å². The fourth-order valence-electron chi connectivity index (χ4n) is 1.32. The van der Waals surface area contributed by atoms with E-state index in [4.69, 9.17) is 27.8 Å². The smallest absolute Gasteiger partial charge is 0.258 e. The van der Waals surface area contributed by atoms with Crippen molar-refractivity contribution in [2.24, 2.45) is 11.5 Å². The average molecular weight is 279 g/mol. The first-order valence-electron chi connectivity index (χ1n) is 5.03. The van der Waals surface area contributed by atoms with Gasteiger partial charge in [-0.15, -0.1) is 12.4 Å². The minimum absolute atomic E-state index is 0. The molecule has 0 radical (unpaired) electrons. The Balaban J connectivity index is 0.00000256. The van der Waals surface area contributed by atoms with Gasteiger partial charge in [-0.25, -0.2) is 0 Å². The van der Waals surface area contributed by atoms with Crippen molar-refractivity contribution in [1.29, 1.82) is 0 Å². The van der Waals surface area contributed by atoms with Gasteiger partial charge in [-0.2, -0.15) is 0 Å². The molecule has 1 amide bonds. The van der Waals surface area contributed by atoms with Crippen LogP contribution in [0.4, 0.5) is 0 Å². The van der Waals surface area contributed by atoms with Crippen LogP contribution in [0.3, 0.4) is 0 Å². The molecule has 0 saturated heterocycles. The topological polar surface area (TPSA) is 78.3 Å². The minimum Gasteiger partial charge on any atom is -0.480 e. The minimum atomic E-state index is -0.633. The Bertz CT molecular complexity index is 386. The van der Waals surface area contributed by atoms with E-state index in [1.54, 1.807) is 18.2 Å². The number of ether oxygens (including phenoxy) is 1. The van der Waals surface area contributed by atoms with E-state index in [2.05, 4.69) is 0 Å². The van der Waals surface area contributed by atoms with Crippen molar-refractivity contribution in [2.75, 3.05) is 0 Å². The van der Waals surface area contributed by atoms with E-state index < -0.39 is 12.0 Å². The predicted molar refractivity (Wildman–Crippen MR) is 70.5 cm³/mol. The van der Waals surface area contributed by atoms with Gasteiger partial charge in [0, 0.05) is 17.1 Å². The number of rotatable bonds is 5. The second-order valence-electron chi connectivity index (χ2n) is 3.37. The number of amides is 1. The molecule has 6 heteroatoms. The first-order valence-corrected chi connectivity index (χ1v) is 5.40. The highest BCUT2D eigenvalue weighted by atomic mass is 35.5. The van der Waals surface area contributed by atoms with E-state index in [1.807, 2.05) is 6.92 Å². The summed E-state index contributed by atoms with van der Waals surface area (Å²) in [6.07, 6.45) is -0.117. The highest BCUT2D eigenvalue weighted by Crippen LogP contribution is 2.23. The van der Waals surface area contributed by atoms with Crippen LogP contribution in [0.25, 0.3) is 0 Å². The first kappa shape index (κ1) is 16.0. The summed E-state index contributed by atoms with van der Waals surface area (Å²) in [5, 5.41) is 0.583. The van der Waals surface area contributed by atoms with E-state index in [0.717, 1.165) is 5.56 Å². The van der Waals surface area contributed by atoms with Gasteiger partial charge in [0.25, 0.3) is 5.91 Å². The third-order valence-electron chi connectivity index (χ3n) is 2.20. The van der Waals surface area contributed by atoms with Crippen LogP contribution in [-0.4, -0.2) is 12.0 Å². The van der Waals surface area contributed by atoms with E-state index in [0.29, 0.717) is 23.7 Å². The van der Waals surface area contributed by atoms with Crippen molar-refractivity contribution in [3.8, 4) is 5.75 Å². The standard InChI is InChI=1S/C11H15ClN2O2.ClH/c1-2-9(11(14)15)16-10-4-3-8(12)5-7(10)6-13;/h3-5,9H,2,6,13H2,1H3,(H2,14,15);1H. The number of halogens is 2. The summed E-state index contributed by atoms with van der Waals surface area (Å²) in [6.45, 7) is 2.12. The summed E-state index contributed by atoms with van der Waals surface area (Å²) >= 11 is 5.83. The van der Waals surface area contributed by atoms with Gasteiger partial charge in [-0.3, -0.25) is 4.79 Å². The molecule has 4 N–H and O–H groups in total. The molecule has 0 aliphatic heterocycles. The first-order chi connectivity index (χ1) is 7.58. The molecule has 0 saturated carbocycles. The zero-order chi connectivity index (χ0) is 12.1. The molecule has 96 valence electrons. The highest BCUT2D eigenvalue weighted by Gasteiger charge is 2.16. The zero-order valence-corrected chi connectivity index (χ0v) is 11.1. The molecule has 1 aromatic carbocycles. The number of hydrogen-bond donors (Lipinski definition) is 2. The number of nitrogens with two attached hydrogens (primary N) is 2.